The van der Waals surface area contributed by atoms with Crippen LogP contribution < -0.4 is 0 Å². The smallest absolute Gasteiger partial charge is 0.321 e. The van der Waals surface area contributed by atoms with Gasteiger partial charge in [0.1, 0.15) is 18.0 Å². The lowest BCUT2D eigenvalue weighted by molar-refractivity contribution is -0.187. The highest BCUT2D eigenvalue weighted by Crippen LogP contribution is 2.46. The zero-order valence-corrected chi connectivity index (χ0v) is 34.4. The van der Waals surface area contributed by atoms with Gasteiger partial charge in [-0.3, -0.25) is 19.4 Å². The van der Waals surface area contributed by atoms with Gasteiger partial charge in [0.05, 0.1) is 11.1 Å². The maximum absolute atomic E-state index is 14.8. The van der Waals surface area contributed by atoms with Gasteiger partial charge in [-0.2, -0.15) is 0 Å². The Hall–Kier alpha value is -2.12. The monoisotopic (exact) mass is 685 g/mol. The molecule has 1 aromatic rings. The fourth-order valence-electron chi connectivity index (χ4n) is 8.22. The van der Waals surface area contributed by atoms with E-state index in [1.807, 2.05) is 12.1 Å². The van der Waals surface area contributed by atoms with Gasteiger partial charge in [-0.1, -0.05) is 73.4 Å². The number of hydrogen-bond donors (Lipinski definition) is 1. The molecule has 2 heterocycles. The first-order chi connectivity index (χ1) is 22.1. The summed E-state index contributed by atoms with van der Waals surface area (Å²) in [7, 11) is 4.19. The lowest BCUT2D eigenvalue weighted by Crippen LogP contribution is -2.64. The highest BCUT2D eigenvalue weighted by Gasteiger charge is 2.51. The van der Waals surface area contributed by atoms with Crippen molar-refractivity contribution in [2.24, 2.45) is 5.92 Å². The number of phenolic OH excluding ortho intramolecular Hbond substituents is 1. The Kier molecular flexibility index (Phi) is 11.9. The summed E-state index contributed by atoms with van der Waals surface area (Å²) < 4.78 is 13.0. The second-order valence-corrected chi connectivity index (χ2v) is 19.7. The second kappa shape index (κ2) is 14.1. The number of hydrogen-bond acceptors (Lipinski definition) is 7. The molecule has 2 saturated heterocycles. The molecule has 2 aliphatic heterocycles. The topological polar surface area (TPSA) is 79.3 Å². The minimum Gasteiger partial charge on any atom is -0.507 e. The van der Waals surface area contributed by atoms with E-state index < -0.39 is 34.9 Å². The molecule has 0 radical (unpaired) electrons. The Bertz CT molecular complexity index is 1250. The number of carbonyl (C=O) groups is 2. The number of unbranched alkanes of at least 4 members (excludes halogenated alkanes) is 1. The Morgan fingerprint density at radius 3 is 1.47 bits per heavy atom. The molecule has 0 spiro atoms. The SMILES string of the molecule is CCCCC(c1cc(C(C)(C)C)c(O)c(C(C)(C)C)c1)C(C(=O)OC1CCC(C)(C)N(C)C1(C)C)C(=O)OC1CCC(C)(C)N(C)C1(C)C. The third-order valence-corrected chi connectivity index (χ3v) is 12.6. The summed E-state index contributed by atoms with van der Waals surface area (Å²) in [4.78, 5) is 34.2. The van der Waals surface area contributed by atoms with Gasteiger partial charge in [-0.25, -0.2) is 0 Å². The number of rotatable bonds is 9. The van der Waals surface area contributed by atoms with Crippen LogP contribution in [0.1, 0.15) is 171 Å². The van der Waals surface area contributed by atoms with Gasteiger partial charge in [-0.15, -0.1) is 0 Å². The van der Waals surface area contributed by atoms with Gasteiger partial charge in [-0.05, 0) is 129 Å². The molecule has 3 rings (SSSR count). The number of phenols is 1. The van der Waals surface area contributed by atoms with E-state index in [4.69, 9.17) is 9.47 Å². The van der Waals surface area contributed by atoms with Crippen LogP contribution in [0, 0.1) is 5.92 Å². The number of esters is 2. The van der Waals surface area contributed by atoms with E-state index in [-0.39, 0.29) is 39.9 Å². The van der Waals surface area contributed by atoms with Crippen LogP contribution in [0.3, 0.4) is 0 Å². The molecular weight excluding hydrogens is 612 g/mol. The van der Waals surface area contributed by atoms with Crippen LogP contribution in [0.4, 0.5) is 0 Å². The fraction of sp³-hybridized carbons (Fsp3) is 0.810. The molecule has 2 fully saturated rings. The molecular formula is C42H72N2O5. The summed E-state index contributed by atoms with van der Waals surface area (Å²) in [6, 6.07) is 4.06. The second-order valence-electron chi connectivity index (χ2n) is 19.7. The van der Waals surface area contributed by atoms with Crippen LogP contribution in [0.2, 0.25) is 0 Å². The third-order valence-electron chi connectivity index (χ3n) is 12.6. The van der Waals surface area contributed by atoms with Crippen molar-refractivity contribution in [1.82, 2.24) is 9.80 Å². The van der Waals surface area contributed by atoms with E-state index in [0.29, 0.717) is 19.3 Å². The van der Waals surface area contributed by atoms with E-state index in [1.54, 1.807) is 0 Å². The van der Waals surface area contributed by atoms with E-state index in [1.165, 1.54) is 0 Å². The molecule has 2 aliphatic rings. The predicted octanol–water partition coefficient (Wildman–Crippen LogP) is 9.27. The van der Waals surface area contributed by atoms with Crippen molar-refractivity contribution in [1.29, 1.82) is 0 Å². The Labute approximate surface area is 299 Å². The van der Waals surface area contributed by atoms with Crippen LogP contribution >= 0.6 is 0 Å². The minimum atomic E-state index is -1.15. The number of benzene rings is 1. The van der Waals surface area contributed by atoms with Crippen molar-refractivity contribution in [2.45, 2.75) is 200 Å². The molecule has 0 amide bonds. The van der Waals surface area contributed by atoms with Crippen LogP contribution in [0.15, 0.2) is 12.1 Å². The normalized spacial score (nSPS) is 25.3. The Morgan fingerprint density at radius 2 is 1.14 bits per heavy atom. The molecule has 3 atom stereocenters. The van der Waals surface area contributed by atoms with Crippen LogP contribution in [-0.4, -0.2) is 75.3 Å². The first-order valence-electron chi connectivity index (χ1n) is 18.9. The molecule has 49 heavy (non-hydrogen) atoms. The minimum absolute atomic E-state index is 0.0421. The zero-order valence-electron chi connectivity index (χ0n) is 34.4. The fourth-order valence-corrected chi connectivity index (χ4v) is 8.22. The largest absolute Gasteiger partial charge is 0.507 e. The summed E-state index contributed by atoms with van der Waals surface area (Å²) >= 11 is 0. The molecule has 0 aromatic heterocycles. The quantitative estimate of drug-likeness (QED) is 0.205. The number of aromatic hydroxyl groups is 1. The average Bonchev–Trinajstić information content (AvgIpc) is 2.95. The molecule has 7 nitrogen and oxygen atoms in total. The van der Waals surface area contributed by atoms with Crippen molar-refractivity contribution >= 4 is 11.9 Å². The molecule has 0 bridgehead atoms. The van der Waals surface area contributed by atoms with Crippen LogP contribution in [0.5, 0.6) is 5.75 Å². The van der Waals surface area contributed by atoms with Crippen molar-refractivity contribution in [3.63, 3.8) is 0 Å². The van der Waals surface area contributed by atoms with Gasteiger partial charge < -0.3 is 14.6 Å². The highest BCUT2D eigenvalue weighted by molar-refractivity contribution is 5.96. The number of nitrogens with zero attached hydrogens (tertiary/aromatic N) is 2. The van der Waals surface area contributed by atoms with Gasteiger partial charge in [0, 0.05) is 17.0 Å². The molecule has 3 unspecified atom stereocenters. The molecule has 280 valence electrons. The van der Waals surface area contributed by atoms with Crippen LogP contribution in [0.25, 0.3) is 0 Å². The van der Waals surface area contributed by atoms with Crippen molar-refractivity contribution in [2.75, 3.05) is 14.1 Å². The van der Waals surface area contributed by atoms with Crippen molar-refractivity contribution in [3.8, 4) is 5.75 Å². The number of ether oxygens (including phenoxy) is 2. The predicted molar refractivity (Wildman–Crippen MR) is 201 cm³/mol. The molecule has 1 aromatic carbocycles. The average molecular weight is 685 g/mol. The lowest BCUT2D eigenvalue weighted by Gasteiger charge is -2.54. The number of likely N-dealkylation sites (N-methyl/N-ethyl adjacent to an activating group) is 2. The standard InChI is InChI=1S/C42H72N2O5/c1-18-19-20-28(27-25-29(37(2,3)4)34(45)30(26-27)38(5,6)7)33(35(46)48-31-21-23-39(8,9)43(16)41(31,12)13)36(47)49-32-22-24-40(10,11)44(17)42(32,14)15/h25-26,28,31-33,45H,18-24H2,1-17H3. The van der Waals surface area contributed by atoms with E-state index in [2.05, 4.69) is 128 Å². The number of carbonyl (C=O) groups excluding carboxylic acids is 2. The number of piperidine rings is 2. The van der Waals surface area contributed by atoms with E-state index in [0.717, 1.165) is 42.4 Å². The summed E-state index contributed by atoms with van der Waals surface area (Å²) in [5, 5.41) is 11.6. The van der Waals surface area contributed by atoms with Gasteiger partial charge in [0.2, 0.25) is 0 Å². The maximum atomic E-state index is 14.8. The third kappa shape index (κ3) is 8.51. The lowest BCUT2D eigenvalue weighted by atomic mass is 9.74. The van der Waals surface area contributed by atoms with Gasteiger partial charge >= 0.3 is 11.9 Å². The molecule has 1 N–H and O–H groups in total. The molecule has 0 saturated carbocycles. The van der Waals surface area contributed by atoms with Gasteiger partial charge in [0.25, 0.3) is 0 Å². The van der Waals surface area contributed by atoms with Crippen molar-refractivity contribution in [3.05, 3.63) is 28.8 Å². The van der Waals surface area contributed by atoms with Gasteiger partial charge in [0.15, 0.2) is 5.92 Å². The van der Waals surface area contributed by atoms with Crippen molar-refractivity contribution < 1.29 is 24.2 Å². The maximum Gasteiger partial charge on any atom is 0.321 e. The Morgan fingerprint density at radius 1 is 0.776 bits per heavy atom. The van der Waals surface area contributed by atoms with E-state index in [9.17, 15) is 14.7 Å². The Balaban J connectivity index is 2.21. The zero-order chi connectivity index (χ0) is 37.7. The molecule has 0 aliphatic carbocycles. The molecule has 7 heteroatoms. The first kappa shape index (κ1) is 41.3. The van der Waals surface area contributed by atoms with Crippen LogP contribution in [-0.2, 0) is 29.9 Å². The highest BCUT2D eigenvalue weighted by atomic mass is 16.6. The first-order valence-corrected chi connectivity index (χ1v) is 18.9. The summed E-state index contributed by atoms with van der Waals surface area (Å²) in [6.45, 7) is 32.1. The summed E-state index contributed by atoms with van der Waals surface area (Å²) in [5.41, 5.74) is 0.834. The number of likely N-dealkylation sites (tertiary alicyclic amines) is 2. The van der Waals surface area contributed by atoms with E-state index >= 15 is 0 Å². The summed E-state index contributed by atoms with van der Waals surface area (Å²) in [5.74, 6) is -2.37. The summed E-state index contributed by atoms with van der Waals surface area (Å²) in [6.07, 6.45) is 4.78.